The summed E-state index contributed by atoms with van der Waals surface area (Å²) in [7, 11) is 0. The van der Waals surface area contributed by atoms with E-state index in [1.165, 1.54) is 70.2 Å². The van der Waals surface area contributed by atoms with Crippen molar-refractivity contribution in [3.8, 4) is 39.6 Å². The number of benzene rings is 8. The molecule has 0 bridgehead atoms. The van der Waals surface area contributed by atoms with Crippen molar-refractivity contribution in [3.63, 3.8) is 0 Å². The van der Waals surface area contributed by atoms with Gasteiger partial charge in [-0.05, 0) is 56.3 Å². The highest BCUT2D eigenvalue weighted by Gasteiger charge is 2.50. The molecule has 0 N–H and O–H groups in total. The Morgan fingerprint density at radius 2 is 1.11 bits per heavy atom. The Kier molecular flexibility index (Phi) is 6.48. The van der Waals surface area contributed by atoms with Crippen LogP contribution in [-0.2, 0) is 5.41 Å². The molecule has 3 nitrogen and oxygen atoms in total. The van der Waals surface area contributed by atoms with Crippen molar-refractivity contribution >= 4 is 44.3 Å². The zero-order valence-electron chi connectivity index (χ0n) is 29.6. The van der Waals surface area contributed by atoms with Crippen molar-refractivity contribution in [1.82, 2.24) is 14.5 Å². The van der Waals surface area contributed by atoms with Gasteiger partial charge in [0.15, 0.2) is 5.82 Å². The molecule has 0 saturated heterocycles. The number of hydrogen-bond donors (Lipinski definition) is 0. The first kappa shape index (κ1) is 30.7. The van der Waals surface area contributed by atoms with Gasteiger partial charge in [-0.3, -0.25) is 4.57 Å². The summed E-state index contributed by atoms with van der Waals surface area (Å²) in [5.41, 5.74) is 12.6. The predicted octanol–water partition coefficient (Wildman–Crippen LogP) is 12.9. The van der Waals surface area contributed by atoms with Crippen molar-refractivity contribution in [2.75, 3.05) is 0 Å². The summed E-state index contributed by atoms with van der Waals surface area (Å²) in [5.74, 6) is 1.54. The molecule has 2 aromatic heterocycles. The van der Waals surface area contributed by atoms with Crippen LogP contribution < -0.4 is 0 Å². The van der Waals surface area contributed by atoms with Gasteiger partial charge in [0.25, 0.3) is 0 Å². The molecule has 0 atom stereocenters. The molecule has 3 heterocycles. The highest BCUT2D eigenvalue weighted by Crippen LogP contribution is 2.63. The Hall–Kier alpha value is -6.75. The fraction of sp³-hybridized carbons (Fsp3) is 0.0196. The van der Waals surface area contributed by atoms with E-state index in [9.17, 15) is 0 Å². The van der Waals surface area contributed by atoms with Crippen LogP contribution in [0.15, 0.2) is 198 Å². The van der Waals surface area contributed by atoms with Crippen LogP contribution in [0.25, 0.3) is 72.2 Å². The molecule has 0 saturated carbocycles. The monoisotopic (exact) mass is 717 g/mol. The van der Waals surface area contributed by atoms with Crippen LogP contribution in [-0.4, -0.2) is 14.5 Å². The summed E-state index contributed by atoms with van der Waals surface area (Å²) in [4.78, 5) is 13.2. The first-order chi connectivity index (χ1) is 27.3. The maximum Gasteiger partial charge on any atom is 0.162 e. The molecule has 8 aromatic carbocycles. The van der Waals surface area contributed by atoms with Crippen molar-refractivity contribution in [1.29, 1.82) is 0 Å². The van der Waals surface area contributed by atoms with Crippen molar-refractivity contribution in [3.05, 3.63) is 210 Å². The predicted molar refractivity (Wildman–Crippen MR) is 226 cm³/mol. The first-order valence-corrected chi connectivity index (χ1v) is 19.6. The standard InChI is InChI=1S/C51H31N3S/c1-3-16-33(17-4-1)43-31-46(53-50(52-43)34-18-5-2-6-19-34)54-44-30-27-32-15-7-8-20-35(32)47(44)38-28-29-42-49(48(38)54)55-45-26-14-13-25-41(45)51(42)39-23-11-9-21-36(39)37-22-10-12-24-40(37)51/h1-31H. The zero-order chi connectivity index (χ0) is 36.1. The third kappa shape index (κ3) is 4.23. The Labute approximate surface area is 322 Å². The van der Waals surface area contributed by atoms with Gasteiger partial charge >= 0.3 is 0 Å². The maximum atomic E-state index is 5.45. The Balaban J connectivity index is 1.27. The smallest absolute Gasteiger partial charge is 0.162 e. The molecule has 256 valence electrons. The third-order valence-electron chi connectivity index (χ3n) is 11.7. The van der Waals surface area contributed by atoms with Gasteiger partial charge in [-0.2, -0.15) is 0 Å². The quantitative estimate of drug-likeness (QED) is 0.182. The second kappa shape index (κ2) is 11.6. The largest absolute Gasteiger partial charge is 0.292 e. The molecule has 12 rings (SSSR count). The highest BCUT2D eigenvalue weighted by molar-refractivity contribution is 7.99. The summed E-state index contributed by atoms with van der Waals surface area (Å²) in [6.45, 7) is 0. The Morgan fingerprint density at radius 1 is 0.473 bits per heavy atom. The number of fused-ring (bicyclic) bond motifs is 15. The molecule has 10 aromatic rings. The van der Waals surface area contributed by atoms with Crippen molar-refractivity contribution in [2.24, 2.45) is 0 Å². The van der Waals surface area contributed by atoms with Gasteiger partial charge in [0, 0.05) is 37.8 Å². The minimum Gasteiger partial charge on any atom is -0.292 e. The van der Waals surface area contributed by atoms with Gasteiger partial charge < -0.3 is 0 Å². The van der Waals surface area contributed by atoms with E-state index in [1.807, 2.05) is 17.8 Å². The first-order valence-electron chi connectivity index (χ1n) is 18.8. The fourth-order valence-corrected chi connectivity index (χ4v) is 10.8. The Morgan fingerprint density at radius 3 is 1.87 bits per heavy atom. The minimum atomic E-state index is -0.488. The Bertz CT molecular complexity index is 3080. The van der Waals surface area contributed by atoms with Crippen LogP contribution in [0.1, 0.15) is 22.3 Å². The second-order valence-corrected chi connectivity index (χ2v) is 15.5. The van der Waals surface area contributed by atoms with Crippen LogP contribution in [0.4, 0.5) is 0 Å². The molecule has 1 aliphatic carbocycles. The lowest BCUT2D eigenvalue weighted by Gasteiger charge is -2.40. The SMILES string of the molecule is c1ccc(-c2cc(-n3c4ccc5ccccc5c4c4ccc5c(c43)Sc3ccccc3C53c4ccccc4-c4ccccc43)nc(-c3ccccc3)n2)cc1. The topological polar surface area (TPSA) is 30.7 Å². The summed E-state index contributed by atoms with van der Waals surface area (Å²) >= 11 is 1.89. The van der Waals surface area contributed by atoms with Crippen molar-refractivity contribution < 1.29 is 0 Å². The number of rotatable bonds is 3. The van der Waals surface area contributed by atoms with E-state index in [1.54, 1.807) is 0 Å². The van der Waals surface area contributed by atoms with Gasteiger partial charge in [0.2, 0.25) is 0 Å². The van der Waals surface area contributed by atoms with E-state index in [0.29, 0.717) is 5.82 Å². The molecule has 0 amide bonds. The number of aromatic nitrogens is 3. The van der Waals surface area contributed by atoms with E-state index >= 15 is 0 Å². The van der Waals surface area contributed by atoms with E-state index in [-0.39, 0.29) is 0 Å². The van der Waals surface area contributed by atoms with Gasteiger partial charge in [-0.25, -0.2) is 9.97 Å². The lowest BCUT2D eigenvalue weighted by Crippen LogP contribution is -2.32. The van der Waals surface area contributed by atoms with Crippen LogP contribution in [0.5, 0.6) is 0 Å². The molecule has 1 aliphatic heterocycles. The van der Waals surface area contributed by atoms with Crippen LogP contribution in [0.3, 0.4) is 0 Å². The molecule has 1 spiro atoms. The highest BCUT2D eigenvalue weighted by atomic mass is 32.2. The molecule has 0 unspecified atom stereocenters. The van der Waals surface area contributed by atoms with Crippen LogP contribution >= 0.6 is 11.8 Å². The second-order valence-electron chi connectivity index (χ2n) is 14.5. The van der Waals surface area contributed by atoms with Crippen LogP contribution in [0.2, 0.25) is 0 Å². The molecular formula is C51H31N3S. The number of hydrogen-bond acceptors (Lipinski definition) is 3. The van der Waals surface area contributed by atoms with Crippen molar-refractivity contribution in [2.45, 2.75) is 15.2 Å². The van der Waals surface area contributed by atoms with Gasteiger partial charge in [0.1, 0.15) is 5.82 Å². The fourth-order valence-electron chi connectivity index (χ4n) is 9.44. The van der Waals surface area contributed by atoms with Gasteiger partial charge in [-0.15, -0.1) is 0 Å². The zero-order valence-corrected chi connectivity index (χ0v) is 30.5. The molecule has 0 fully saturated rings. The summed E-state index contributed by atoms with van der Waals surface area (Å²) in [6.07, 6.45) is 0. The average Bonchev–Trinajstić information content (AvgIpc) is 3.76. The molecule has 4 heteroatoms. The summed E-state index contributed by atoms with van der Waals surface area (Å²) in [6, 6.07) is 68.2. The van der Waals surface area contributed by atoms with Crippen LogP contribution in [0, 0.1) is 0 Å². The third-order valence-corrected chi connectivity index (χ3v) is 12.9. The van der Waals surface area contributed by atoms with E-state index in [2.05, 4.69) is 187 Å². The molecule has 2 aliphatic rings. The average molecular weight is 718 g/mol. The van der Waals surface area contributed by atoms with E-state index in [4.69, 9.17) is 9.97 Å². The van der Waals surface area contributed by atoms with E-state index < -0.39 is 5.41 Å². The minimum absolute atomic E-state index is 0.488. The summed E-state index contributed by atoms with van der Waals surface area (Å²) < 4.78 is 2.43. The van der Waals surface area contributed by atoms with E-state index in [0.717, 1.165) is 28.2 Å². The van der Waals surface area contributed by atoms with Gasteiger partial charge in [-0.1, -0.05) is 182 Å². The molecule has 55 heavy (non-hydrogen) atoms. The lowest BCUT2D eigenvalue weighted by molar-refractivity contribution is 0.724. The van der Waals surface area contributed by atoms with Gasteiger partial charge in [0.05, 0.1) is 22.1 Å². The summed E-state index contributed by atoms with van der Waals surface area (Å²) in [5, 5.41) is 4.90. The maximum absolute atomic E-state index is 5.45. The normalized spacial score (nSPS) is 13.5. The molecular weight excluding hydrogens is 687 g/mol. The molecule has 0 radical (unpaired) electrons. The number of nitrogens with zero attached hydrogens (tertiary/aromatic N) is 3. The lowest BCUT2D eigenvalue weighted by atomic mass is 9.67.